The maximum Gasteiger partial charge on any atom is 0.218 e. The molecular weight excluding hydrogens is 205 g/mol. The zero-order chi connectivity index (χ0) is 11.5. The van der Waals surface area contributed by atoms with Crippen LogP contribution >= 0.6 is 0 Å². The summed E-state index contributed by atoms with van der Waals surface area (Å²) < 4.78 is 12.8. The van der Waals surface area contributed by atoms with Crippen LogP contribution in [0.4, 0.5) is 15.9 Å². The van der Waals surface area contributed by atoms with E-state index in [9.17, 15) is 4.39 Å². The first-order valence-corrected chi connectivity index (χ1v) is 4.96. The molecule has 82 valence electrons. The molecule has 16 heavy (non-hydrogen) atoms. The third kappa shape index (κ3) is 2.53. The molecule has 1 heterocycles. The molecule has 3 nitrogen and oxygen atoms in total. The lowest BCUT2D eigenvalue weighted by atomic mass is 10.1. The van der Waals surface area contributed by atoms with Gasteiger partial charge >= 0.3 is 0 Å². The molecule has 1 aromatic heterocycles. The largest absolute Gasteiger partial charge is 0.340 e. The maximum atomic E-state index is 12.8. The summed E-state index contributed by atoms with van der Waals surface area (Å²) in [6.07, 6.45) is 1.19. The summed E-state index contributed by atoms with van der Waals surface area (Å²) in [6.45, 7) is 4.03. The number of nitrogens with zero attached hydrogens (tertiary/aromatic N) is 2. The lowest BCUT2D eigenvalue weighted by molar-refractivity contribution is 0.580. The second-order valence-corrected chi connectivity index (χ2v) is 3.73. The second kappa shape index (κ2) is 4.26. The van der Waals surface area contributed by atoms with Crippen molar-refractivity contribution >= 4 is 11.5 Å². The molecule has 0 radical (unpaired) electrons. The van der Waals surface area contributed by atoms with Gasteiger partial charge < -0.3 is 5.32 Å². The van der Waals surface area contributed by atoms with Gasteiger partial charge in [0.2, 0.25) is 5.95 Å². The van der Waals surface area contributed by atoms with E-state index in [0.29, 0.717) is 5.82 Å². The van der Waals surface area contributed by atoms with Gasteiger partial charge in [-0.2, -0.15) is 4.39 Å². The van der Waals surface area contributed by atoms with Crippen molar-refractivity contribution in [3.8, 4) is 0 Å². The number of hydrogen-bond acceptors (Lipinski definition) is 3. The SMILES string of the molecule is Cc1cc(C)cc(Nc2cc(F)ncn2)c1. The summed E-state index contributed by atoms with van der Waals surface area (Å²) >= 11 is 0. The molecule has 2 aromatic rings. The molecular formula is C12H12FN3. The number of anilines is 2. The summed E-state index contributed by atoms with van der Waals surface area (Å²) in [5.74, 6) is -0.0839. The lowest BCUT2D eigenvalue weighted by Gasteiger charge is -2.07. The highest BCUT2D eigenvalue weighted by Crippen LogP contribution is 2.17. The first kappa shape index (κ1) is 10.5. The zero-order valence-corrected chi connectivity index (χ0v) is 9.16. The smallest absolute Gasteiger partial charge is 0.218 e. The van der Waals surface area contributed by atoms with Crippen LogP contribution in [0.2, 0.25) is 0 Å². The van der Waals surface area contributed by atoms with Gasteiger partial charge in [-0.25, -0.2) is 9.97 Å². The number of benzene rings is 1. The average molecular weight is 217 g/mol. The standard InChI is InChI=1S/C12H12FN3/c1-8-3-9(2)5-10(4-8)16-12-6-11(13)14-7-15-12/h3-7H,1-2H3,(H,14,15,16). The second-order valence-electron chi connectivity index (χ2n) is 3.73. The molecule has 0 saturated carbocycles. The van der Waals surface area contributed by atoms with Crippen LogP contribution < -0.4 is 5.32 Å². The number of nitrogens with one attached hydrogen (secondary N) is 1. The summed E-state index contributed by atoms with van der Waals surface area (Å²) in [7, 11) is 0. The minimum atomic E-state index is -0.540. The Hall–Kier alpha value is -1.97. The van der Waals surface area contributed by atoms with Crippen LogP contribution in [0.5, 0.6) is 0 Å². The molecule has 0 aliphatic heterocycles. The van der Waals surface area contributed by atoms with Crippen molar-refractivity contribution in [2.24, 2.45) is 0 Å². The third-order valence-electron chi connectivity index (χ3n) is 2.13. The molecule has 2 rings (SSSR count). The van der Waals surface area contributed by atoms with Crippen LogP contribution in [0.15, 0.2) is 30.6 Å². The molecule has 0 spiro atoms. The first-order valence-electron chi connectivity index (χ1n) is 4.96. The highest BCUT2D eigenvalue weighted by Gasteiger charge is 1.99. The fraction of sp³-hybridized carbons (Fsp3) is 0.167. The molecule has 0 fully saturated rings. The fourth-order valence-corrected chi connectivity index (χ4v) is 1.60. The van der Waals surface area contributed by atoms with Gasteiger partial charge in [-0.05, 0) is 37.1 Å². The molecule has 0 atom stereocenters. The van der Waals surface area contributed by atoms with E-state index >= 15 is 0 Å². The van der Waals surface area contributed by atoms with Crippen molar-refractivity contribution < 1.29 is 4.39 Å². The molecule has 0 unspecified atom stereocenters. The minimum Gasteiger partial charge on any atom is -0.340 e. The molecule has 0 aliphatic rings. The van der Waals surface area contributed by atoms with Crippen molar-refractivity contribution in [1.82, 2.24) is 9.97 Å². The molecule has 0 amide bonds. The Morgan fingerprint density at radius 2 is 1.69 bits per heavy atom. The normalized spacial score (nSPS) is 10.2. The Bertz CT molecular complexity index is 491. The van der Waals surface area contributed by atoms with E-state index in [2.05, 4.69) is 21.4 Å². The van der Waals surface area contributed by atoms with E-state index < -0.39 is 5.95 Å². The Morgan fingerprint density at radius 3 is 2.31 bits per heavy atom. The van der Waals surface area contributed by atoms with Gasteiger partial charge in [-0.1, -0.05) is 6.07 Å². The van der Waals surface area contributed by atoms with Gasteiger partial charge in [-0.3, -0.25) is 0 Å². The van der Waals surface area contributed by atoms with Crippen molar-refractivity contribution in [3.05, 3.63) is 47.7 Å². The number of halogens is 1. The van der Waals surface area contributed by atoms with Gasteiger partial charge in [-0.15, -0.1) is 0 Å². The van der Waals surface area contributed by atoms with Gasteiger partial charge in [0.15, 0.2) is 0 Å². The maximum absolute atomic E-state index is 12.8. The van der Waals surface area contributed by atoms with Crippen LogP contribution in [-0.4, -0.2) is 9.97 Å². The van der Waals surface area contributed by atoms with E-state index in [1.165, 1.54) is 12.4 Å². The van der Waals surface area contributed by atoms with E-state index in [1.54, 1.807) is 0 Å². The fourth-order valence-electron chi connectivity index (χ4n) is 1.60. The molecule has 1 N–H and O–H groups in total. The van der Waals surface area contributed by atoms with Crippen LogP contribution in [0.3, 0.4) is 0 Å². The quantitative estimate of drug-likeness (QED) is 0.786. The first-order chi connectivity index (χ1) is 7.63. The summed E-state index contributed by atoms with van der Waals surface area (Å²) in [5.41, 5.74) is 3.20. The predicted molar refractivity (Wildman–Crippen MR) is 61.2 cm³/mol. The Kier molecular flexibility index (Phi) is 2.81. The Balaban J connectivity index is 2.27. The monoisotopic (exact) mass is 217 g/mol. The van der Waals surface area contributed by atoms with Gasteiger partial charge in [0.05, 0.1) is 0 Å². The minimum absolute atomic E-state index is 0.456. The topological polar surface area (TPSA) is 37.8 Å². The lowest BCUT2D eigenvalue weighted by Crippen LogP contribution is -1.96. The summed E-state index contributed by atoms with van der Waals surface area (Å²) in [4.78, 5) is 7.33. The highest BCUT2D eigenvalue weighted by molar-refractivity contribution is 5.57. The van der Waals surface area contributed by atoms with Gasteiger partial charge in [0.1, 0.15) is 12.1 Å². The van der Waals surface area contributed by atoms with Crippen LogP contribution in [0.1, 0.15) is 11.1 Å². The molecule has 0 aliphatic carbocycles. The van der Waals surface area contributed by atoms with E-state index in [1.807, 2.05) is 26.0 Å². The van der Waals surface area contributed by atoms with Gasteiger partial charge in [0.25, 0.3) is 0 Å². The van der Waals surface area contributed by atoms with Crippen molar-refractivity contribution in [2.45, 2.75) is 13.8 Å². The molecule has 0 bridgehead atoms. The number of rotatable bonds is 2. The van der Waals surface area contributed by atoms with Crippen molar-refractivity contribution in [3.63, 3.8) is 0 Å². The van der Waals surface area contributed by atoms with Crippen LogP contribution in [0.25, 0.3) is 0 Å². The Labute approximate surface area is 93.4 Å². The number of hydrogen-bond donors (Lipinski definition) is 1. The molecule has 0 saturated heterocycles. The van der Waals surface area contributed by atoms with E-state index in [-0.39, 0.29) is 0 Å². The molecule has 4 heteroatoms. The van der Waals surface area contributed by atoms with E-state index in [0.717, 1.165) is 16.8 Å². The zero-order valence-electron chi connectivity index (χ0n) is 9.16. The summed E-state index contributed by atoms with van der Waals surface area (Å²) in [5, 5.41) is 3.04. The van der Waals surface area contributed by atoms with Crippen LogP contribution in [0, 0.1) is 19.8 Å². The molecule has 1 aromatic carbocycles. The van der Waals surface area contributed by atoms with Gasteiger partial charge in [0, 0.05) is 11.8 Å². The number of aromatic nitrogens is 2. The average Bonchev–Trinajstić information content (AvgIpc) is 2.15. The third-order valence-corrected chi connectivity index (χ3v) is 2.13. The van der Waals surface area contributed by atoms with Crippen LogP contribution in [-0.2, 0) is 0 Å². The number of aryl methyl sites for hydroxylation is 2. The van der Waals surface area contributed by atoms with Crippen molar-refractivity contribution in [1.29, 1.82) is 0 Å². The predicted octanol–water partition coefficient (Wildman–Crippen LogP) is 2.98. The van der Waals surface area contributed by atoms with E-state index in [4.69, 9.17) is 0 Å². The van der Waals surface area contributed by atoms with Crippen molar-refractivity contribution in [2.75, 3.05) is 5.32 Å². The summed E-state index contributed by atoms with van der Waals surface area (Å²) in [6, 6.07) is 7.30. The Morgan fingerprint density at radius 1 is 1.00 bits per heavy atom. The highest BCUT2D eigenvalue weighted by atomic mass is 19.1.